The smallest absolute Gasteiger partial charge is 0.173 e. The molecule has 5 heteroatoms. The number of ketones is 1. The molecule has 0 N–H and O–H groups in total. The zero-order valence-electron chi connectivity index (χ0n) is 14.6. The van der Waals surface area contributed by atoms with Crippen molar-refractivity contribution in [2.75, 3.05) is 33.5 Å². The molecule has 1 aromatic rings. The molecule has 2 heterocycles. The minimum Gasteiger partial charge on any atom is -0.496 e. The number of carbonyl (C=O) groups excluding carboxylic acids is 1. The van der Waals surface area contributed by atoms with Gasteiger partial charge in [-0.15, -0.1) is 0 Å². The molecule has 1 aromatic carbocycles. The summed E-state index contributed by atoms with van der Waals surface area (Å²) in [6.45, 7) is 3.07. The van der Waals surface area contributed by atoms with Gasteiger partial charge in [-0.2, -0.15) is 0 Å². The third-order valence-electron chi connectivity index (χ3n) is 5.64. The Morgan fingerprint density at radius 2 is 2.08 bits per heavy atom. The third-order valence-corrected chi connectivity index (χ3v) is 5.64. The van der Waals surface area contributed by atoms with Gasteiger partial charge in [-0.05, 0) is 18.4 Å². The summed E-state index contributed by atoms with van der Waals surface area (Å²) in [5.41, 5.74) is 1.64. The van der Waals surface area contributed by atoms with Gasteiger partial charge in [0.15, 0.2) is 5.78 Å². The van der Waals surface area contributed by atoms with Crippen LogP contribution in [-0.2, 0) is 19.0 Å². The Labute approximate surface area is 148 Å². The van der Waals surface area contributed by atoms with E-state index in [0.29, 0.717) is 18.9 Å². The molecule has 0 amide bonds. The number of hydrogen-bond donors (Lipinski definition) is 0. The van der Waals surface area contributed by atoms with E-state index in [2.05, 4.69) is 4.90 Å². The lowest BCUT2D eigenvalue weighted by Gasteiger charge is -2.48. The first-order valence-corrected chi connectivity index (χ1v) is 9.06. The van der Waals surface area contributed by atoms with E-state index in [9.17, 15) is 4.79 Å². The number of methoxy groups -OCH3 is 1. The molecule has 4 unspecified atom stereocenters. The fourth-order valence-electron chi connectivity index (χ4n) is 4.30. The van der Waals surface area contributed by atoms with Crippen molar-refractivity contribution < 1.29 is 19.0 Å². The zero-order valence-corrected chi connectivity index (χ0v) is 14.6. The van der Waals surface area contributed by atoms with Crippen molar-refractivity contribution >= 4 is 11.4 Å². The molecular weight excluding hydrogens is 318 g/mol. The largest absolute Gasteiger partial charge is 0.496 e. The monoisotopic (exact) mass is 343 g/mol. The maximum absolute atomic E-state index is 13.1. The summed E-state index contributed by atoms with van der Waals surface area (Å²) >= 11 is 0. The second-order valence-corrected chi connectivity index (χ2v) is 7.11. The van der Waals surface area contributed by atoms with E-state index in [1.807, 2.05) is 30.3 Å². The molecule has 25 heavy (non-hydrogen) atoms. The number of allylic oxidation sites excluding steroid dienone is 1. The van der Waals surface area contributed by atoms with E-state index in [0.717, 1.165) is 31.5 Å². The van der Waals surface area contributed by atoms with Gasteiger partial charge in [-0.25, -0.2) is 0 Å². The number of hydrogen-bond acceptors (Lipinski definition) is 5. The molecule has 1 aliphatic carbocycles. The summed E-state index contributed by atoms with van der Waals surface area (Å²) in [4.78, 5) is 15.3. The van der Waals surface area contributed by atoms with Crippen LogP contribution in [-0.4, -0.2) is 56.4 Å². The maximum Gasteiger partial charge on any atom is 0.173 e. The van der Waals surface area contributed by atoms with Crippen molar-refractivity contribution in [1.29, 1.82) is 0 Å². The Hall–Kier alpha value is -1.69. The predicted molar refractivity (Wildman–Crippen MR) is 93.7 cm³/mol. The first kappa shape index (κ1) is 16.8. The molecule has 4 atom stereocenters. The van der Waals surface area contributed by atoms with Crippen LogP contribution in [0.3, 0.4) is 0 Å². The van der Waals surface area contributed by atoms with Crippen LogP contribution in [0.5, 0.6) is 0 Å². The number of rotatable bonds is 4. The van der Waals surface area contributed by atoms with E-state index in [-0.39, 0.29) is 29.8 Å². The topological polar surface area (TPSA) is 48.0 Å². The van der Waals surface area contributed by atoms with Crippen molar-refractivity contribution in [1.82, 2.24) is 4.90 Å². The number of Topliss-reactive ketones (excluding diaryl/α,β-unsaturated/α-hetero) is 1. The number of ether oxygens (including phenoxy) is 3. The first-order valence-electron chi connectivity index (χ1n) is 9.06. The molecule has 4 rings (SSSR count). The van der Waals surface area contributed by atoms with E-state index < -0.39 is 0 Å². The average molecular weight is 343 g/mol. The van der Waals surface area contributed by atoms with Crippen LogP contribution < -0.4 is 0 Å². The average Bonchev–Trinajstić information content (AvgIpc) is 2.67. The van der Waals surface area contributed by atoms with Crippen molar-refractivity contribution in [2.24, 2.45) is 11.8 Å². The molecule has 3 aliphatic rings. The molecule has 5 nitrogen and oxygen atoms in total. The van der Waals surface area contributed by atoms with Crippen LogP contribution in [0.4, 0.5) is 0 Å². The van der Waals surface area contributed by atoms with Crippen molar-refractivity contribution in [3.05, 3.63) is 42.2 Å². The summed E-state index contributed by atoms with van der Waals surface area (Å²) in [5, 5.41) is 0. The second kappa shape index (κ2) is 7.28. The third kappa shape index (κ3) is 3.24. The lowest BCUT2D eigenvalue weighted by Crippen LogP contribution is -2.56. The molecule has 0 aromatic heterocycles. The Bertz CT molecular complexity index is 644. The highest BCUT2D eigenvalue weighted by molar-refractivity contribution is 6.22. The number of nitrogens with zero attached hydrogens (tertiary/aromatic N) is 1. The van der Waals surface area contributed by atoms with Crippen LogP contribution in [0.15, 0.2) is 36.6 Å². The summed E-state index contributed by atoms with van der Waals surface area (Å²) in [5.74, 6) is 0.393. The number of fused-ring (bicyclic) bond motifs is 3. The molecule has 2 fully saturated rings. The molecule has 1 saturated heterocycles. The summed E-state index contributed by atoms with van der Waals surface area (Å²) in [7, 11) is 1.71. The minimum atomic E-state index is -0.0796. The minimum absolute atomic E-state index is 0.0626. The van der Waals surface area contributed by atoms with E-state index >= 15 is 0 Å². The Morgan fingerprint density at radius 3 is 2.88 bits per heavy atom. The quantitative estimate of drug-likeness (QED) is 0.840. The molecule has 1 saturated carbocycles. The van der Waals surface area contributed by atoms with Gasteiger partial charge in [0.25, 0.3) is 0 Å². The fraction of sp³-hybridized carbons (Fsp3) is 0.550. The van der Waals surface area contributed by atoms with Gasteiger partial charge in [0.05, 0.1) is 37.2 Å². The second-order valence-electron chi connectivity index (χ2n) is 7.11. The molecule has 0 radical (unpaired) electrons. The van der Waals surface area contributed by atoms with E-state index in [1.54, 1.807) is 13.4 Å². The van der Waals surface area contributed by atoms with Crippen LogP contribution in [0.2, 0.25) is 0 Å². The van der Waals surface area contributed by atoms with Crippen LogP contribution in [0, 0.1) is 11.8 Å². The van der Waals surface area contributed by atoms with E-state index in [1.165, 1.54) is 0 Å². The van der Waals surface area contributed by atoms with Gasteiger partial charge in [-0.1, -0.05) is 30.3 Å². The molecular formula is C20H25NO4. The lowest BCUT2D eigenvalue weighted by molar-refractivity contribution is -0.171. The molecule has 2 aliphatic heterocycles. The van der Waals surface area contributed by atoms with Gasteiger partial charge in [0.2, 0.25) is 0 Å². The van der Waals surface area contributed by atoms with Gasteiger partial charge in [0, 0.05) is 26.1 Å². The van der Waals surface area contributed by atoms with E-state index in [4.69, 9.17) is 14.2 Å². The van der Waals surface area contributed by atoms with Gasteiger partial charge in [-0.3, -0.25) is 9.69 Å². The Balaban J connectivity index is 1.52. The summed E-state index contributed by atoms with van der Waals surface area (Å²) < 4.78 is 17.3. The normalized spacial score (nSPS) is 32.4. The SMILES string of the molecule is COCCN1COC2CCC3C(=O)C(c4ccccc4)=COC3C2C1. The van der Waals surface area contributed by atoms with Crippen molar-refractivity contribution in [3.8, 4) is 0 Å². The number of carbonyl (C=O) groups is 1. The predicted octanol–water partition coefficient (Wildman–Crippen LogP) is 2.33. The van der Waals surface area contributed by atoms with Crippen LogP contribution in [0.1, 0.15) is 18.4 Å². The highest BCUT2D eigenvalue weighted by Gasteiger charge is 2.48. The van der Waals surface area contributed by atoms with Gasteiger partial charge in [0.1, 0.15) is 6.10 Å². The van der Waals surface area contributed by atoms with Crippen LogP contribution in [0.25, 0.3) is 5.57 Å². The highest BCUT2D eigenvalue weighted by Crippen LogP contribution is 2.41. The Morgan fingerprint density at radius 1 is 1.24 bits per heavy atom. The highest BCUT2D eigenvalue weighted by atomic mass is 16.5. The summed E-state index contributed by atoms with van der Waals surface area (Å²) in [6, 6.07) is 9.80. The summed E-state index contributed by atoms with van der Waals surface area (Å²) in [6.07, 6.45) is 3.56. The molecule has 0 spiro atoms. The maximum atomic E-state index is 13.1. The lowest BCUT2D eigenvalue weighted by atomic mass is 9.71. The zero-order chi connectivity index (χ0) is 17.2. The fourth-order valence-corrected chi connectivity index (χ4v) is 4.30. The number of benzene rings is 1. The van der Waals surface area contributed by atoms with Gasteiger partial charge < -0.3 is 14.2 Å². The molecule has 0 bridgehead atoms. The van der Waals surface area contributed by atoms with Gasteiger partial charge >= 0.3 is 0 Å². The first-order chi connectivity index (χ1) is 12.3. The molecule has 134 valence electrons. The van der Waals surface area contributed by atoms with Crippen molar-refractivity contribution in [3.63, 3.8) is 0 Å². The standard InChI is InChI=1S/C20H25NO4/c1-23-10-9-21-11-16-18(25-13-21)8-7-15-19(22)17(12-24-20(15)16)14-5-3-2-4-6-14/h2-6,12,15-16,18,20H,7-11,13H2,1H3. The van der Waals surface area contributed by atoms with Crippen LogP contribution >= 0.6 is 0 Å². The van der Waals surface area contributed by atoms with Crippen molar-refractivity contribution in [2.45, 2.75) is 25.0 Å². The Kier molecular flexibility index (Phi) is 4.88.